The third-order valence-electron chi connectivity index (χ3n) is 6.29. The van der Waals surface area contributed by atoms with E-state index in [9.17, 15) is 0 Å². The Hall–Kier alpha value is -4.06. The number of ether oxygens (including phenoxy) is 5. The van der Waals surface area contributed by atoms with Crippen molar-refractivity contribution in [2.24, 2.45) is 0 Å². The summed E-state index contributed by atoms with van der Waals surface area (Å²) in [6.45, 7) is 0. The molecule has 0 saturated heterocycles. The van der Waals surface area contributed by atoms with Gasteiger partial charge in [0.05, 0.1) is 41.6 Å². The topological polar surface area (TPSA) is 49.4 Å². The Morgan fingerprint density at radius 2 is 1.20 bits per heavy atom. The fraction of sp³-hybridized carbons (Fsp3) is 0.241. The van der Waals surface area contributed by atoms with Gasteiger partial charge in [-0.2, -0.15) is 0 Å². The molecule has 1 heterocycles. The lowest BCUT2D eigenvalue weighted by molar-refractivity contribution is 0.363. The molecule has 6 nitrogen and oxygen atoms in total. The summed E-state index contributed by atoms with van der Waals surface area (Å²) in [7, 11) is 10.4. The molecular formula is C29H31NO5. The molecule has 35 heavy (non-hydrogen) atoms. The molecule has 0 N–H and O–H groups in total. The quantitative estimate of drug-likeness (QED) is 0.410. The number of allylic oxidation sites excluding steroid dienone is 2. The molecule has 1 aliphatic rings. The maximum atomic E-state index is 5.76. The van der Waals surface area contributed by atoms with Crippen molar-refractivity contribution in [1.82, 2.24) is 4.90 Å². The summed E-state index contributed by atoms with van der Waals surface area (Å²) < 4.78 is 27.7. The van der Waals surface area contributed by atoms with Crippen molar-refractivity contribution in [2.75, 3.05) is 42.6 Å². The van der Waals surface area contributed by atoms with E-state index >= 15 is 0 Å². The molecule has 0 bridgehead atoms. The van der Waals surface area contributed by atoms with Gasteiger partial charge < -0.3 is 28.6 Å². The smallest absolute Gasteiger partial charge is 0.131 e. The lowest BCUT2D eigenvalue weighted by Crippen LogP contribution is -2.25. The van der Waals surface area contributed by atoms with Gasteiger partial charge in [-0.3, -0.25) is 0 Å². The molecule has 3 aromatic carbocycles. The van der Waals surface area contributed by atoms with Crippen LogP contribution in [0, 0.1) is 0 Å². The fourth-order valence-corrected chi connectivity index (χ4v) is 4.33. The zero-order chi connectivity index (χ0) is 24.9. The van der Waals surface area contributed by atoms with Gasteiger partial charge in [-0.05, 0) is 59.7 Å². The molecule has 6 heteroatoms. The number of benzene rings is 3. The van der Waals surface area contributed by atoms with Crippen molar-refractivity contribution in [3.63, 3.8) is 0 Å². The Balaban J connectivity index is 1.88. The van der Waals surface area contributed by atoms with Crippen molar-refractivity contribution in [3.8, 4) is 28.7 Å². The first-order valence-electron chi connectivity index (χ1n) is 11.3. The molecule has 4 rings (SSSR count). The van der Waals surface area contributed by atoms with Crippen LogP contribution in [0.5, 0.6) is 28.7 Å². The molecule has 1 aliphatic heterocycles. The molecule has 3 aromatic rings. The van der Waals surface area contributed by atoms with Gasteiger partial charge in [0.25, 0.3) is 0 Å². The third kappa shape index (κ3) is 4.78. The molecule has 182 valence electrons. The van der Waals surface area contributed by atoms with Gasteiger partial charge >= 0.3 is 0 Å². The molecule has 0 radical (unpaired) electrons. The maximum Gasteiger partial charge on any atom is 0.131 e. The van der Waals surface area contributed by atoms with Gasteiger partial charge in [-0.25, -0.2) is 0 Å². The van der Waals surface area contributed by atoms with Crippen LogP contribution in [0.3, 0.4) is 0 Å². The largest absolute Gasteiger partial charge is 0.497 e. The number of hydrogen-bond acceptors (Lipinski definition) is 6. The van der Waals surface area contributed by atoms with Gasteiger partial charge in [0.1, 0.15) is 28.7 Å². The van der Waals surface area contributed by atoms with E-state index in [0.29, 0.717) is 0 Å². The van der Waals surface area contributed by atoms with E-state index in [1.165, 1.54) is 0 Å². The van der Waals surface area contributed by atoms with Crippen LogP contribution in [0.2, 0.25) is 0 Å². The average Bonchev–Trinajstić information content (AvgIpc) is 2.92. The summed E-state index contributed by atoms with van der Waals surface area (Å²) in [5.74, 6) is 3.80. The van der Waals surface area contributed by atoms with Gasteiger partial charge in [-0.1, -0.05) is 12.1 Å². The van der Waals surface area contributed by atoms with Crippen molar-refractivity contribution in [3.05, 3.63) is 89.5 Å². The minimum atomic E-state index is -0.0974. The van der Waals surface area contributed by atoms with Crippen molar-refractivity contribution in [2.45, 2.75) is 6.04 Å². The highest BCUT2D eigenvalue weighted by atomic mass is 16.5. The van der Waals surface area contributed by atoms with E-state index in [1.807, 2.05) is 42.5 Å². The summed E-state index contributed by atoms with van der Waals surface area (Å²) in [5.41, 5.74) is 5.18. The number of hydrogen-bond donors (Lipinski definition) is 0. The molecule has 1 atom stereocenters. The van der Waals surface area contributed by atoms with Crippen LogP contribution in [-0.2, 0) is 0 Å². The van der Waals surface area contributed by atoms with Crippen molar-refractivity contribution >= 4 is 11.3 Å². The van der Waals surface area contributed by atoms with Crippen LogP contribution in [0.25, 0.3) is 11.3 Å². The normalized spacial score (nSPS) is 15.1. The predicted octanol–water partition coefficient (Wildman–Crippen LogP) is 5.84. The molecule has 0 aliphatic carbocycles. The van der Waals surface area contributed by atoms with Crippen LogP contribution in [0.1, 0.15) is 22.7 Å². The maximum absolute atomic E-state index is 5.76. The zero-order valence-corrected chi connectivity index (χ0v) is 21.0. The van der Waals surface area contributed by atoms with Crippen molar-refractivity contribution < 1.29 is 23.7 Å². The van der Waals surface area contributed by atoms with Crippen molar-refractivity contribution in [1.29, 1.82) is 0 Å². The summed E-state index contributed by atoms with van der Waals surface area (Å²) in [6.07, 6.45) is 4.42. The number of likely N-dealkylation sites (N-methyl/N-ethyl adjacent to an activating group) is 1. The lowest BCUT2D eigenvalue weighted by atomic mass is 9.91. The molecule has 0 aromatic heterocycles. The SMILES string of the molecule is COc1ccc(C2=CC(c3ccc(OC)cc3OC)N(C)C(c3ccc(OC)cc3OC)=C2)cc1. The second kappa shape index (κ2) is 10.5. The highest BCUT2D eigenvalue weighted by Gasteiger charge is 2.28. The molecule has 0 fully saturated rings. The van der Waals surface area contributed by atoms with E-state index < -0.39 is 0 Å². The fourth-order valence-electron chi connectivity index (χ4n) is 4.33. The van der Waals surface area contributed by atoms with Crippen LogP contribution in [-0.4, -0.2) is 47.5 Å². The number of rotatable bonds is 8. The number of nitrogens with zero attached hydrogens (tertiary/aromatic N) is 1. The van der Waals surface area contributed by atoms with E-state index in [0.717, 1.165) is 56.7 Å². The zero-order valence-electron chi connectivity index (χ0n) is 21.0. The summed E-state index contributed by atoms with van der Waals surface area (Å²) in [6, 6.07) is 19.8. The van der Waals surface area contributed by atoms with E-state index in [4.69, 9.17) is 23.7 Å². The Morgan fingerprint density at radius 3 is 1.80 bits per heavy atom. The molecule has 0 spiro atoms. The molecule has 1 unspecified atom stereocenters. The second-order valence-electron chi connectivity index (χ2n) is 8.11. The van der Waals surface area contributed by atoms with Crippen LogP contribution < -0.4 is 23.7 Å². The van der Waals surface area contributed by atoms with Crippen LogP contribution in [0.4, 0.5) is 0 Å². The van der Waals surface area contributed by atoms with E-state index in [-0.39, 0.29) is 6.04 Å². The van der Waals surface area contributed by atoms with E-state index in [1.54, 1.807) is 35.5 Å². The molecule has 0 amide bonds. The predicted molar refractivity (Wildman–Crippen MR) is 139 cm³/mol. The Kier molecular flexibility index (Phi) is 7.20. The monoisotopic (exact) mass is 473 g/mol. The average molecular weight is 474 g/mol. The first kappa shape index (κ1) is 24.1. The minimum absolute atomic E-state index is 0.0974. The summed E-state index contributed by atoms with van der Waals surface area (Å²) in [4.78, 5) is 2.22. The van der Waals surface area contributed by atoms with Gasteiger partial charge in [-0.15, -0.1) is 0 Å². The van der Waals surface area contributed by atoms with Crippen LogP contribution >= 0.6 is 0 Å². The minimum Gasteiger partial charge on any atom is -0.497 e. The summed E-state index contributed by atoms with van der Waals surface area (Å²) >= 11 is 0. The standard InChI is InChI=1S/C29H31NO5/c1-30-26(24-13-11-22(32-3)17-28(24)34-5)15-20(19-7-9-21(31-2)10-8-19)16-27(30)25-14-12-23(33-4)18-29(25)35-6/h7-18,26H,1-6H3. The first-order chi connectivity index (χ1) is 17.0. The molecular weight excluding hydrogens is 442 g/mol. The highest BCUT2D eigenvalue weighted by Crippen LogP contribution is 2.44. The third-order valence-corrected chi connectivity index (χ3v) is 6.29. The summed E-state index contributed by atoms with van der Waals surface area (Å²) in [5, 5.41) is 0. The Morgan fingerprint density at radius 1 is 0.629 bits per heavy atom. The van der Waals surface area contributed by atoms with Gasteiger partial charge in [0, 0.05) is 36.0 Å². The van der Waals surface area contributed by atoms with Gasteiger partial charge in [0.2, 0.25) is 0 Å². The lowest BCUT2D eigenvalue weighted by Gasteiger charge is -2.36. The number of methoxy groups -OCH3 is 5. The molecule has 0 saturated carbocycles. The highest BCUT2D eigenvalue weighted by molar-refractivity contribution is 5.87. The Bertz CT molecular complexity index is 1250. The van der Waals surface area contributed by atoms with Crippen LogP contribution in [0.15, 0.2) is 72.8 Å². The second-order valence-corrected chi connectivity index (χ2v) is 8.11. The first-order valence-corrected chi connectivity index (χ1v) is 11.3. The van der Waals surface area contributed by atoms with Gasteiger partial charge in [0.15, 0.2) is 0 Å². The Labute approximate surface area is 207 Å². The van der Waals surface area contributed by atoms with E-state index in [2.05, 4.69) is 42.3 Å².